The van der Waals surface area contributed by atoms with Crippen molar-refractivity contribution in [1.29, 1.82) is 0 Å². The van der Waals surface area contributed by atoms with E-state index in [9.17, 15) is 4.79 Å². The Morgan fingerprint density at radius 2 is 1.70 bits per heavy atom. The molecular weight excluding hydrogens is 331 g/mol. The van der Waals surface area contributed by atoms with Gasteiger partial charge in [0.2, 0.25) is 5.91 Å². The second-order valence-electron chi connectivity index (χ2n) is 5.57. The maximum absolute atomic E-state index is 12.2. The molecule has 1 unspecified atom stereocenters. The Bertz CT molecular complexity index is 676. The first kappa shape index (κ1) is 17.8. The molecule has 2 aromatic rings. The number of carbonyl (C=O) groups is 1. The first-order valence-corrected chi connectivity index (χ1v) is 8.18. The first-order valence-electron chi connectivity index (χ1n) is 7.43. The van der Waals surface area contributed by atoms with Crippen LogP contribution in [0.15, 0.2) is 48.5 Å². The Labute approximate surface area is 147 Å². The van der Waals surface area contributed by atoms with E-state index in [2.05, 4.69) is 5.32 Å². The van der Waals surface area contributed by atoms with E-state index >= 15 is 0 Å². The van der Waals surface area contributed by atoms with Gasteiger partial charge in [-0.25, -0.2) is 0 Å². The van der Waals surface area contributed by atoms with Gasteiger partial charge in [-0.1, -0.05) is 59.6 Å². The van der Waals surface area contributed by atoms with Gasteiger partial charge in [-0.05, 0) is 37.2 Å². The van der Waals surface area contributed by atoms with Crippen molar-refractivity contribution in [2.75, 3.05) is 13.6 Å². The molecule has 0 radical (unpaired) electrons. The lowest BCUT2D eigenvalue weighted by molar-refractivity contribution is -0.122. The highest BCUT2D eigenvalue weighted by Gasteiger charge is 2.14. The molecular formula is C18H20Cl2N2O. The third kappa shape index (κ3) is 5.24. The van der Waals surface area contributed by atoms with Crippen molar-refractivity contribution in [1.82, 2.24) is 10.2 Å². The van der Waals surface area contributed by atoms with E-state index in [0.717, 1.165) is 11.1 Å². The Morgan fingerprint density at radius 1 is 1.09 bits per heavy atom. The molecule has 0 aliphatic rings. The van der Waals surface area contributed by atoms with Gasteiger partial charge in [0.1, 0.15) is 0 Å². The van der Waals surface area contributed by atoms with Gasteiger partial charge in [-0.3, -0.25) is 9.69 Å². The summed E-state index contributed by atoms with van der Waals surface area (Å²) in [5, 5.41) is 4.34. The number of halogens is 2. The molecule has 2 aromatic carbocycles. The van der Waals surface area contributed by atoms with Gasteiger partial charge in [-0.15, -0.1) is 0 Å². The van der Waals surface area contributed by atoms with Crippen molar-refractivity contribution < 1.29 is 4.79 Å². The lowest BCUT2D eigenvalue weighted by Gasteiger charge is -2.20. The number of rotatable bonds is 6. The van der Waals surface area contributed by atoms with Crippen molar-refractivity contribution >= 4 is 29.1 Å². The predicted molar refractivity (Wildman–Crippen MR) is 95.8 cm³/mol. The van der Waals surface area contributed by atoms with Crippen LogP contribution >= 0.6 is 23.2 Å². The van der Waals surface area contributed by atoms with Crippen LogP contribution in [0.3, 0.4) is 0 Å². The van der Waals surface area contributed by atoms with Gasteiger partial charge >= 0.3 is 0 Å². The molecule has 0 aliphatic carbocycles. The standard InChI is InChI=1S/C18H20Cl2N2O/c1-13(15-8-4-6-10-17(15)20)21-18(23)12-22(2)11-14-7-3-5-9-16(14)19/h3-10,13H,11-12H2,1-2H3,(H,21,23). The van der Waals surface area contributed by atoms with Crippen molar-refractivity contribution in [3.8, 4) is 0 Å². The summed E-state index contributed by atoms with van der Waals surface area (Å²) in [5.41, 5.74) is 1.92. The topological polar surface area (TPSA) is 32.3 Å². The zero-order valence-electron chi connectivity index (χ0n) is 13.2. The molecule has 0 heterocycles. The minimum atomic E-state index is -0.134. The van der Waals surface area contributed by atoms with Crippen molar-refractivity contribution in [2.24, 2.45) is 0 Å². The van der Waals surface area contributed by atoms with Crippen LogP contribution in [-0.2, 0) is 11.3 Å². The Morgan fingerprint density at radius 3 is 2.35 bits per heavy atom. The summed E-state index contributed by atoms with van der Waals surface area (Å²) >= 11 is 12.3. The molecule has 0 saturated heterocycles. The van der Waals surface area contributed by atoms with E-state index in [-0.39, 0.29) is 11.9 Å². The van der Waals surface area contributed by atoms with Crippen LogP contribution in [0, 0.1) is 0 Å². The third-order valence-corrected chi connectivity index (χ3v) is 4.27. The number of hydrogen-bond acceptors (Lipinski definition) is 2. The molecule has 1 atom stereocenters. The van der Waals surface area contributed by atoms with Crippen molar-refractivity contribution in [2.45, 2.75) is 19.5 Å². The minimum absolute atomic E-state index is 0.0491. The number of likely N-dealkylation sites (N-methyl/N-ethyl adjacent to an activating group) is 1. The van der Waals surface area contributed by atoms with E-state index in [1.807, 2.05) is 67.4 Å². The van der Waals surface area contributed by atoms with Gasteiger partial charge in [0.15, 0.2) is 0 Å². The Kier molecular flexibility index (Phi) is 6.46. The van der Waals surface area contributed by atoms with E-state index in [1.165, 1.54) is 0 Å². The fourth-order valence-electron chi connectivity index (χ4n) is 2.41. The number of nitrogens with zero attached hydrogens (tertiary/aromatic N) is 1. The van der Waals surface area contributed by atoms with Gasteiger partial charge in [0, 0.05) is 16.6 Å². The summed E-state index contributed by atoms with van der Waals surface area (Å²) in [4.78, 5) is 14.1. The lowest BCUT2D eigenvalue weighted by Crippen LogP contribution is -2.36. The predicted octanol–water partition coefficient (Wildman–Crippen LogP) is 4.30. The number of hydrogen-bond donors (Lipinski definition) is 1. The van der Waals surface area contributed by atoms with Crippen molar-refractivity contribution in [3.05, 3.63) is 69.7 Å². The zero-order valence-corrected chi connectivity index (χ0v) is 14.7. The smallest absolute Gasteiger partial charge is 0.234 e. The van der Waals surface area contributed by atoms with Crippen LogP contribution in [0.4, 0.5) is 0 Å². The highest BCUT2D eigenvalue weighted by Crippen LogP contribution is 2.22. The highest BCUT2D eigenvalue weighted by atomic mass is 35.5. The summed E-state index contributed by atoms with van der Waals surface area (Å²) < 4.78 is 0. The number of amides is 1. The van der Waals surface area contributed by atoms with Crippen LogP contribution in [0.1, 0.15) is 24.1 Å². The average Bonchev–Trinajstić information content (AvgIpc) is 2.49. The third-order valence-electron chi connectivity index (χ3n) is 3.56. The Hall–Kier alpha value is -1.55. The maximum atomic E-state index is 12.2. The monoisotopic (exact) mass is 350 g/mol. The summed E-state index contributed by atoms with van der Waals surface area (Å²) in [5.74, 6) is -0.0491. The maximum Gasteiger partial charge on any atom is 0.234 e. The van der Waals surface area contributed by atoms with Gasteiger partial charge in [0.25, 0.3) is 0 Å². The van der Waals surface area contributed by atoms with E-state index < -0.39 is 0 Å². The van der Waals surface area contributed by atoms with Gasteiger partial charge in [-0.2, -0.15) is 0 Å². The van der Waals surface area contributed by atoms with Crippen LogP contribution in [0.5, 0.6) is 0 Å². The zero-order chi connectivity index (χ0) is 16.8. The minimum Gasteiger partial charge on any atom is -0.348 e. The fraction of sp³-hybridized carbons (Fsp3) is 0.278. The number of carbonyl (C=O) groups excluding carboxylic acids is 1. The SMILES string of the molecule is CC(NC(=O)CN(C)Cc1ccccc1Cl)c1ccccc1Cl. The van der Waals surface area contributed by atoms with E-state index in [1.54, 1.807) is 0 Å². The molecule has 5 heteroatoms. The van der Waals surface area contributed by atoms with Crippen molar-refractivity contribution in [3.63, 3.8) is 0 Å². The fourth-order valence-corrected chi connectivity index (χ4v) is 2.90. The molecule has 122 valence electrons. The van der Waals surface area contributed by atoms with Gasteiger partial charge in [0.05, 0.1) is 12.6 Å². The highest BCUT2D eigenvalue weighted by molar-refractivity contribution is 6.31. The second-order valence-corrected chi connectivity index (χ2v) is 6.39. The molecule has 0 aromatic heterocycles. The van der Waals surface area contributed by atoms with E-state index in [4.69, 9.17) is 23.2 Å². The summed E-state index contributed by atoms with van der Waals surface area (Å²) in [6, 6.07) is 15.0. The van der Waals surface area contributed by atoms with Crippen LogP contribution in [-0.4, -0.2) is 24.4 Å². The molecule has 0 bridgehead atoms. The normalized spacial score (nSPS) is 12.2. The van der Waals surface area contributed by atoms with E-state index in [0.29, 0.717) is 23.1 Å². The molecule has 23 heavy (non-hydrogen) atoms. The van der Waals surface area contributed by atoms with Crippen LogP contribution in [0.2, 0.25) is 10.0 Å². The second kappa shape index (κ2) is 8.34. The number of benzene rings is 2. The summed E-state index contributed by atoms with van der Waals surface area (Å²) in [6.45, 7) is 2.83. The largest absolute Gasteiger partial charge is 0.348 e. The molecule has 1 amide bonds. The molecule has 3 nitrogen and oxygen atoms in total. The van der Waals surface area contributed by atoms with Crippen LogP contribution in [0.25, 0.3) is 0 Å². The number of nitrogens with one attached hydrogen (secondary N) is 1. The quantitative estimate of drug-likeness (QED) is 0.842. The summed E-state index contributed by atoms with van der Waals surface area (Å²) in [6.07, 6.45) is 0. The molecule has 1 N–H and O–H groups in total. The van der Waals surface area contributed by atoms with Crippen LogP contribution < -0.4 is 5.32 Å². The average molecular weight is 351 g/mol. The van der Waals surface area contributed by atoms with Gasteiger partial charge < -0.3 is 5.32 Å². The Balaban J connectivity index is 1.89. The molecule has 0 saturated carbocycles. The summed E-state index contributed by atoms with van der Waals surface area (Å²) in [7, 11) is 1.89. The lowest BCUT2D eigenvalue weighted by atomic mass is 10.1. The molecule has 0 aliphatic heterocycles. The molecule has 0 spiro atoms. The first-order chi connectivity index (χ1) is 11.0. The molecule has 0 fully saturated rings. The molecule has 2 rings (SSSR count).